The van der Waals surface area contributed by atoms with Gasteiger partial charge in [-0.1, -0.05) is 59.3 Å². The van der Waals surface area contributed by atoms with Crippen molar-refractivity contribution in [3.05, 3.63) is 60.2 Å². The summed E-state index contributed by atoms with van der Waals surface area (Å²) in [6, 6.07) is 17.3. The Balaban J connectivity index is 2.05. The first-order chi connectivity index (χ1) is 9.47. The minimum Gasteiger partial charge on any atom is -0.324 e. The molecule has 0 saturated heterocycles. The van der Waals surface area contributed by atoms with Gasteiger partial charge in [-0.25, -0.2) is 0 Å². The number of carbonyl (C=O) groups excluding carboxylic acids is 1. The van der Waals surface area contributed by atoms with Crippen molar-refractivity contribution in [1.29, 1.82) is 0 Å². The number of nitrogens with one attached hydrogen (secondary N) is 1. The first-order valence-electron chi connectivity index (χ1n) is 6.28. The summed E-state index contributed by atoms with van der Waals surface area (Å²) in [6.45, 7) is 3.71. The van der Waals surface area contributed by atoms with Crippen molar-refractivity contribution in [2.45, 2.75) is 22.9 Å². The van der Waals surface area contributed by atoms with Crippen molar-refractivity contribution in [3.63, 3.8) is 0 Å². The van der Waals surface area contributed by atoms with Crippen LogP contribution in [0.3, 0.4) is 0 Å². The highest BCUT2D eigenvalue weighted by Gasteiger charge is 2.32. The average Bonchev–Trinajstić information content (AvgIpc) is 2.42. The van der Waals surface area contributed by atoms with Crippen LogP contribution in [0.2, 0.25) is 0 Å². The molecule has 0 bridgehead atoms. The standard InChI is InChI=1S/C16H16ClNOS/c1-12-8-10-13(11-9-12)18-15(19)16(2,17)20-14-6-4-3-5-7-14/h3-11H,1-2H3,(H,18,19). The van der Waals surface area contributed by atoms with E-state index in [0.717, 1.165) is 16.1 Å². The van der Waals surface area contributed by atoms with Crippen molar-refractivity contribution in [2.24, 2.45) is 0 Å². The average molecular weight is 306 g/mol. The Morgan fingerprint density at radius 1 is 1.10 bits per heavy atom. The summed E-state index contributed by atoms with van der Waals surface area (Å²) in [5.41, 5.74) is 1.90. The largest absolute Gasteiger partial charge is 0.324 e. The second-order valence-corrected chi connectivity index (χ2v) is 7.12. The molecule has 2 nitrogen and oxygen atoms in total. The third-order valence-electron chi connectivity index (χ3n) is 2.77. The van der Waals surface area contributed by atoms with E-state index in [9.17, 15) is 4.79 Å². The van der Waals surface area contributed by atoms with Gasteiger partial charge in [-0.15, -0.1) is 0 Å². The Morgan fingerprint density at radius 2 is 1.70 bits per heavy atom. The lowest BCUT2D eigenvalue weighted by atomic mass is 10.2. The van der Waals surface area contributed by atoms with Crippen LogP contribution < -0.4 is 5.32 Å². The number of hydrogen-bond donors (Lipinski definition) is 1. The van der Waals surface area contributed by atoms with Crippen LogP contribution in [-0.4, -0.2) is 10.1 Å². The number of rotatable bonds is 4. The van der Waals surface area contributed by atoms with Gasteiger partial charge in [-0.3, -0.25) is 4.79 Å². The van der Waals surface area contributed by atoms with Gasteiger partial charge in [0.25, 0.3) is 5.91 Å². The van der Waals surface area contributed by atoms with Gasteiger partial charge in [-0.05, 0) is 38.1 Å². The third kappa shape index (κ3) is 4.02. The molecule has 1 amide bonds. The zero-order chi connectivity index (χ0) is 14.6. The Hall–Kier alpha value is -1.45. The van der Waals surface area contributed by atoms with Crippen molar-refractivity contribution in [3.8, 4) is 0 Å². The van der Waals surface area contributed by atoms with Crippen LogP contribution in [0, 0.1) is 6.92 Å². The molecular weight excluding hydrogens is 290 g/mol. The minimum atomic E-state index is -1.05. The molecule has 0 aromatic heterocycles. The van der Waals surface area contributed by atoms with E-state index in [1.54, 1.807) is 6.92 Å². The van der Waals surface area contributed by atoms with Crippen LogP contribution in [0.15, 0.2) is 59.5 Å². The number of thioether (sulfide) groups is 1. The highest BCUT2D eigenvalue weighted by atomic mass is 35.5. The van der Waals surface area contributed by atoms with E-state index in [4.69, 9.17) is 11.6 Å². The molecule has 0 fully saturated rings. The molecule has 0 saturated carbocycles. The van der Waals surface area contributed by atoms with E-state index in [1.807, 2.05) is 61.5 Å². The number of hydrogen-bond acceptors (Lipinski definition) is 2. The van der Waals surface area contributed by atoms with Crippen LogP contribution in [0.25, 0.3) is 0 Å². The first-order valence-corrected chi connectivity index (χ1v) is 7.48. The molecule has 0 aliphatic rings. The SMILES string of the molecule is Cc1ccc(NC(=O)C(C)(Cl)Sc2ccccc2)cc1. The lowest BCUT2D eigenvalue weighted by molar-refractivity contribution is -0.116. The van der Waals surface area contributed by atoms with Crippen molar-refractivity contribution in [1.82, 2.24) is 0 Å². The van der Waals surface area contributed by atoms with Gasteiger partial charge in [-0.2, -0.15) is 0 Å². The van der Waals surface area contributed by atoms with Gasteiger partial charge in [0.15, 0.2) is 4.21 Å². The van der Waals surface area contributed by atoms with Crippen molar-refractivity contribution < 1.29 is 4.79 Å². The second kappa shape index (κ2) is 6.33. The zero-order valence-electron chi connectivity index (χ0n) is 11.4. The van der Waals surface area contributed by atoms with E-state index in [1.165, 1.54) is 11.8 Å². The monoisotopic (exact) mass is 305 g/mol. The summed E-state index contributed by atoms with van der Waals surface area (Å²) in [5, 5.41) is 2.84. The van der Waals surface area contributed by atoms with Crippen LogP contribution in [-0.2, 0) is 4.79 Å². The molecule has 0 radical (unpaired) electrons. The molecule has 1 atom stereocenters. The summed E-state index contributed by atoms with van der Waals surface area (Å²) in [6.07, 6.45) is 0. The van der Waals surface area contributed by atoms with Gasteiger partial charge in [0, 0.05) is 10.6 Å². The summed E-state index contributed by atoms with van der Waals surface area (Å²) in [7, 11) is 0. The van der Waals surface area contributed by atoms with E-state index >= 15 is 0 Å². The zero-order valence-corrected chi connectivity index (χ0v) is 13.0. The first kappa shape index (κ1) is 14.9. The normalized spacial score (nSPS) is 13.6. The van der Waals surface area contributed by atoms with Gasteiger partial charge in [0.1, 0.15) is 0 Å². The Bertz CT molecular complexity index is 581. The maximum Gasteiger partial charge on any atom is 0.255 e. The van der Waals surface area contributed by atoms with Crippen molar-refractivity contribution >= 4 is 35.0 Å². The fourth-order valence-corrected chi connectivity index (χ4v) is 2.83. The number of anilines is 1. The van der Waals surface area contributed by atoms with Crippen molar-refractivity contribution in [2.75, 3.05) is 5.32 Å². The maximum absolute atomic E-state index is 12.3. The molecule has 0 aliphatic carbocycles. The molecular formula is C16H16ClNOS. The molecule has 1 unspecified atom stereocenters. The minimum absolute atomic E-state index is 0.225. The molecule has 2 rings (SSSR count). The highest BCUT2D eigenvalue weighted by molar-refractivity contribution is 8.02. The number of aryl methyl sites for hydroxylation is 1. The summed E-state index contributed by atoms with van der Waals surface area (Å²) < 4.78 is -1.05. The maximum atomic E-state index is 12.3. The summed E-state index contributed by atoms with van der Waals surface area (Å²) in [5.74, 6) is -0.225. The van der Waals surface area contributed by atoms with Gasteiger partial charge >= 0.3 is 0 Å². The fourth-order valence-electron chi connectivity index (χ4n) is 1.64. The van der Waals surface area contributed by atoms with Gasteiger partial charge in [0.05, 0.1) is 0 Å². The fraction of sp³-hybridized carbons (Fsp3) is 0.188. The van der Waals surface area contributed by atoms with E-state index < -0.39 is 4.21 Å². The molecule has 104 valence electrons. The topological polar surface area (TPSA) is 29.1 Å². The lowest BCUT2D eigenvalue weighted by Crippen LogP contribution is -2.31. The Labute approximate surface area is 128 Å². The van der Waals surface area contributed by atoms with Gasteiger partial charge < -0.3 is 5.32 Å². The Kier molecular flexibility index (Phi) is 4.73. The lowest BCUT2D eigenvalue weighted by Gasteiger charge is -2.20. The van der Waals surface area contributed by atoms with Crippen LogP contribution in [0.5, 0.6) is 0 Å². The van der Waals surface area contributed by atoms with Crippen LogP contribution in [0.4, 0.5) is 5.69 Å². The smallest absolute Gasteiger partial charge is 0.255 e. The number of carbonyl (C=O) groups is 1. The molecule has 2 aromatic carbocycles. The highest BCUT2D eigenvalue weighted by Crippen LogP contribution is 2.37. The number of alkyl halides is 1. The predicted molar refractivity (Wildman–Crippen MR) is 86.4 cm³/mol. The number of amides is 1. The molecule has 0 aliphatic heterocycles. The number of benzene rings is 2. The number of halogens is 1. The molecule has 20 heavy (non-hydrogen) atoms. The van der Waals surface area contributed by atoms with E-state index in [2.05, 4.69) is 5.32 Å². The molecule has 0 spiro atoms. The Morgan fingerprint density at radius 3 is 2.30 bits per heavy atom. The van der Waals surface area contributed by atoms with Crippen LogP contribution in [0.1, 0.15) is 12.5 Å². The summed E-state index contributed by atoms with van der Waals surface area (Å²) >= 11 is 7.68. The van der Waals surface area contributed by atoms with E-state index in [-0.39, 0.29) is 5.91 Å². The van der Waals surface area contributed by atoms with E-state index in [0.29, 0.717) is 0 Å². The third-order valence-corrected chi connectivity index (χ3v) is 4.25. The quantitative estimate of drug-likeness (QED) is 0.656. The predicted octanol–water partition coefficient (Wildman–Crippen LogP) is 4.68. The van der Waals surface area contributed by atoms with Gasteiger partial charge in [0.2, 0.25) is 0 Å². The molecule has 0 heterocycles. The summed E-state index contributed by atoms with van der Waals surface area (Å²) in [4.78, 5) is 13.2. The second-order valence-electron chi connectivity index (χ2n) is 4.65. The molecule has 1 N–H and O–H groups in total. The molecule has 4 heteroatoms. The van der Waals surface area contributed by atoms with Crippen LogP contribution >= 0.6 is 23.4 Å². The molecule has 2 aromatic rings.